The Morgan fingerprint density at radius 2 is 2.07 bits per heavy atom. The summed E-state index contributed by atoms with van der Waals surface area (Å²) < 4.78 is 0. The van der Waals surface area contributed by atoms with E-state index in [0.29, 0.717) is 13.0 Å². The molecule has 4 heteroatoms. The number of carboxylic acids is 1. The molecule has 0 bridgehead atoms. The van der Waals surface area contributed by atoms with E-state index >= 15 is 0 Å². The summed E-state index contributed by atoms with van der Waals surface area (Å²) in [6, 6.07) is 9.35. The fourth-order valence-corrected chi connectivity index (χ4v) is 1.82. The molecule has 2 N–H and O–H groups in total. The molecule has 0 amide bonds. The molecule has 82 valence electrons. The number of hydrogen-bond acceptors (Lipinski definition) is 2. The third-order valence-electron chi connectivity index (χ3n) is 2.11. The number of rotatable bonds is 6. The molecule has 0 aromatic heterocycles. The van der Waals surface area contributed by atoms with Crippen LogP contribution in [0, 0.1) is 0 Å². The Morgan fingerprint density at radius 1 is 1.40 bits per heavy atom. The fraction of sp³-hybridized carbons (Fsp3) is 0.364. The van der Waals surface area contributed by atoms with E-state index in [2.05, 4.69) is 21.3 Å². The van der Waals surface area contributed by atoms with Gasteiger partial charge in [-0.05, 0) is 0 Å². The Kier molecular flexibility index (Phi) is 5.40. The Balaban J connectivity index is 2.43. The Bertz CT molecular complexity index is 303. The molecule has 0 saturated carbocycles. The van der Waals surface area contributed by atoms with E-state index in [1.807, 2.05) is 30.3 Å². The minimum absolute atomic E-state index is 0.451. The van der Waals surface area contributed by atoms with Gasteiger partial charge < -0.3 is 0 Å². The van der Waals surface area contributed by atoms with Gasteiger partial charge in [-0.15, -0.1) is 0 Å². The van der Waals surface area contributed by atoms with Crippen LogP contribution in [0.2, 0.25) is 5.32 Å². The van der Waals surface area contributed by atoms with Crippen molar-refractivity contribution in [3.8, 4) is 0 Å². The van der Waals surface area contributed by atoms with Crippen LogP contribution in [0.1, 0.15) is 12.0 Å². The summed E-state index contributed by atoms with van der Waals surface area (Å²) in [5.74, 6) is -0.781. The summed E-state index contributed by atoms with van der Waals surface area (Å²) in [5, 5.41) is 12.8. The van der Waals surface area contributed by atoms with E-state index in [1.54, 1.807) is 0 Å². The maximum atomic E-state index is 10.8. The van der Waals surface area contributed by atoms with Gasteiger partial charge in [0.25, 0.3) is 0 Å². The number of benzene rings is 1. The molecular weight excluding hydrogens is 257 g/mol. The molecule has 0 aliphatic carbocycles. The second kappa shape index (κ2) is 6.62. The van der Waals surface area contributed by atoms with Crippen molar-refractivity contribution in [2.24, 2.45) is 0 Å². The average Bonchev–Trinajstić information content (AvgIpc) is 2.25. The molecule has 1 rings (SSSR count). The summed E-state index contributed by atoms with van der Waals surface area (Å²) in [5.41, 5.74) is 1.11. The zero-order chi connectivity index (χ0) is 11.1. The average molecular weight is 272 g/mol. The first-order chi connectivity index (χ1) is 7.24. The van der Waals surface area contributed by atoms with Gasteiger partial charge in [-0.25, -0.2) is 0 Å². The Labute approximate surface area is 97.7 Å². The van der Waals surface area contributed by atoms with Gasteiger partial charge in [-0.1, -0.05) is 0 Å². The second-order valence-electron chi connectivity index (χ2n) is 3.27. The molecule has 0 fully saturated rings. The van der Waals surface area contributed by atoms with Crippen LogP contribution in [-0.2, 0) is 11.3 Å². The number of aliphatic carboxylic acids is 1. The monoisotopic (exact) mass is 273 g/mol. The quantitative estimate of drug-likeness (QED) is 0.758. The number of carbonyl (C=O) groups is 1. The van der Waals surface area contributed by atoms with E-state index in [1.165, 1.54) is 0 Å². The molecule has 1 aromatic carbocycles. The van der Waals surface area contributed by atoms with Crippen molar-refractivity contribution in [1.82, 2.24) is 5.32 Å². The van der Waals surface area contributed by atoms with Crippen LogP contribution in [0.4, 0.5) is 0 Å². The summed E-state index contributed by atoms with van der Waals surface area (Å²) in [7, 11) is 0. The summed E-state index contributed by atoms with van der Waals surface area (Å²) >= 11 is 2.40. The van der Waals surface area contributed by atoms with E-state index in [-0.39, 0.29) is 0 Å². The fourth-order valence-electron chi connectivity index (χ4n) is 1.28. The van der Waals surface area contributed by atoms with Crippen LogP contribution < -0.4 is 5.32 Å². The Hall–Kier alpha value is -0.831. The van der Waals surface area contributed by atoms with Gasteiger partial charge in [-0.2, -0.15) is 0 Å². The number of nitrogens with one attached hydrogen (secondary N) is 1. The molecule has 0 aliphatic rings. The minimum atomic E-state index is -0.781. The normalized spacial score (nSPS) is 12.3. The van der Waals surface area contributed by atoms with Crippen LogP contribution in [0.5, 0.6) is 0 Å². The first-order valence-electron chi connectivity index (χ1n) is 4.85. The van der Waals surface area contributed by atoms with Gasteiger partial charge in [0.2, 0.25) is 0 Å². The van der Waals surface area contributed by atoms with Crippen molar-refractivity contribution in [3.63, 3.8) is 0 Å². The van der Waals surface area contributed by atoms with Crippen LogP contribution in [0.15, 0.2) is 30.3 Å². The second-order valence-corrected chi connectivity index (χ2v) is 4.21. The van der Waals surface area contributed by atoms with E-state index < -0.39 is 12.0 Å². The van der Waals surface area contributed by atoms with E-state index in [9.17, 15) is 4.79 Å². The van der Waals surface area contributed by atoms with Gasteiger partial charge in [0.05, 0.1) is 0 Å². The summed E-state index contributed by atoms with van der Waals surface area (Å²) in [6.07, 6.45) is 0.641. The van der Waals surface area contributed by atoms with E-state index in [0.717, 1.165) is 10.9 Å². The molecule has 0 spiro atoms. The summed E-state index contributed by atoms with van der Waals surface area (Å²) in [6.45, 7) is 0.602. The molecule has 1 atom stereocenters. The zero-order valence-corrected chi connectivity index (χ0v) is 10.3. The van der Waals surface area contributed by atoms with Crippen molar-refractivity contribution in [2.45, 2.75) is 24.3 Å². The molecule has 3 nitrogen and oxygen atoms in total. The van der Waals surface area contributed by atoms with Crippen molar-refractivity contribution < 1.29 is 9.90 Å². The predicted molar refractivity (Wildman–Crippen MR) is 61.3 cm³/mol. The predicted octanol–water partition coefficient (Wildman–Crippen LogP) is 0.939. The first kappa shape index (κ1) is 12.2. The third kappa shape index (κ3) is 4.47. The maximum absolute atomic E-state index is 10.8. The first-order valence-corrected chi connectivity index (χ1v) is 6.17. The van der Waals surface area contributed by atoms with Crippen molar-refractivity contribution in [1.29, 1.82) is 0 Å². The van der Waals surface area contributed by atoms with Crippen LogP contribution in [0.25, 0.3) is 0 Å². The van der Waals surface area contributed by atoms with Gasteiger partial charge >= 0.3 is 97.4 Å². The molecule has 1 unspecified atom stereocenters. The summed E-state index contributed by atoms with van der Waals surface area (Å²) in [4.78, 5) is 10.8. The van der Waals surface area contributed by atoms with Crippen LogP contribution in [-0.4, -0.2) is 33.1 Å². The van der Waals surface area contributed by atoms with Gasteiger partial charge in [0.1, 0.15) is 0 Å². The molecule has 0 aliphatic heterocycles. The molecule has 0 saturated heterocycles. The topological polar surface area (TPSA) is 49.3 Å². The van der Waals surface area contributed by atoms with Crippen molar-refractivity contribution in [3.05, 3.63) is 35.9 Å². The number of hydrogen-bond donors (Lipinski definition) is 2. The van der Waals surface area contributed by atoms with Gasteiger partial charge in [0.15, 0.2) is 0 Å². The van der Waals surface area contributed by atoms with Crippen LogP contribution in [0.3, 0.4) is 0 Å². The van der Waals surface area contributed by atoms with Crippen molar-refractivity contribution in [2.75, 3.05) is 0 Å². The van der Waals surface area contributed by atoms with Crippen LogP contribution >= 0.6 is 0 Å². The standard InChI is InChI=1S/C11H15NO2Se/c13-11(14)10(6-7-15)12-8-9-4-2-1-3-5-9/h1-5,10,12,15H,6-8H2,(H,13,14). The Morgan fingerprint density at radius 3 is 2.60 bits per heavy atom. The zero-order valence-electron chi connectivity index (χ0n) is 8.39. The molecule has 0 heterocycles. The SMILES string of the molecule is O=C(O)C(CC[SeH])NCc1ccccc1. The van der Waals surface area contributed by atoms with E-state index in [4.69, 9.17) is 5.11 Å². The molecule has 0 radical (unpaired) electrons. The van der Waals surface area contributed by atoms with Gasteiger partial charge in [0, 0.05) is 0 Å². The third-order valence-corrected chi connectivity index (χ3v) is 2.65. The molecule has 1 aromatic rings. The number of carboxylic acid groups (broad SMARTS) is 1. The van der Waals surface area contributed by atoms with Gasteiger partial charge in [-0.3, -0.25) is 0 Å². The molecule has 15 heavy (non-hydrogen) atoms. The molecular formula is C11H15NO2Se. The van der Waals surface area contributed by atoms with Crippen molar-refractivity contribution >= 4 is 22.0 Å².